The highest BCUT2D eigenvalue weighted by molar-refractivity contribution is 9.10. The van der Waals surface area contributed by atoms with Gasteiger partial charge >= 0.3 is 0 Å². The normalized spacial score (nSPS) is 11.8. The number of quaternary nitrogens is 1. The van der Waals surface area contributed by atoms with Gasteiger partial charge in [-0.3, -0.25) is 0 Å². The van der Waals surface area contributed by atoms with Crippen LogP contribution < -0.4 is 14.4 Å². The summed E-state index contributed by atoms with van der Waals surface area (Å²) >= 11 is 3.28. The molecule has 0 aliphatic carbocycles. The van der Waals surface area contributed by atoms with Crippen molar-refractivity contribution in [1.82, 2.24) is 4.72 Å². The molecule has 0 saturated heterocycles. The number of likely N-dealkylation sites (N-methyl/N-ethyl adjacent to an activating group) is 1. The first kappa shape index (κ1) is 17.4. The van der Waals surface area contributed by atoms with E-state index in [4.69, 9.17) is 4.74 Å². The molecule has 1 aromatic carbocycles. The average Bonchev–Trinajstić information content (AvgIpc) is 2.43. The first-order chi connectivity index (χ1) is 9.44. The third-order valence-electron chi connectivity index (χ3n) is 3.19. The fraction of sp³-hybridized carbons (Fsp3) is 0.538. The molecule has 0 bridgehead atoms. The molecule has 0 aromatic heterocycles. The van der Waals surface area contributed by atoms with Crippen molar-refractivity contribution in [3.05, 3.63) is 22.7 Å². The summed E-state index contributed by atoms with van der Waals surface area (Å²) in [5.41, 5.74) is 0. The molecule has 0 aliphatic rings. The van der Waals surface area contributed by atoms with Crippen molar-refractivity contribution in [2.75, 3.05) is 33.3 Å². The molecule has 1 rings (SSSR count). The highest BCUT2D eigenvalue weighted by Gasteiger charge is 2.20. The van der Waals surface area contributed by atoms with Crippen molar-refractivity contribution in [1.29, 1.82) is 0 Å². The predicted octanol–water partition coefficient (Wildman–Crippen LogP) is 0.661. The van der Waals surface area contributed by atoms with Crippen molar-refractivity contribution < 1.29 is 18.1 Å². The zero-order chi connectivity index (χ0) is 15.2. The van der Waals surface area contributed by atoms with E-state index in [9.17, 15) is 8.42 Å². The molecule has 0 fully saturated rings. The first-order valence-electron chi connectivity index (χ1n) is 6.61. The topological polar surface area (TPSA) is 59.8 Å². The van der Waals surface area contributed by atoms with Crippen LogP contribution in [0.15, 0.2) is 27.6 Å². The maximum atomic E-state index is 12.3. The number of benzene rings is 1. The van der Waals surface area contributed by atoms with Crippen molar-refractivity contribution in [2.45, 2.75) is 18.7 Å². The van der Waals surface area contributed by atoms with Gasteiger partial charge in [-0.2, -0.15) is 0 Å². The predicted molar refractivity (Wildman–Crippen MR) is 82.8 cm³/mol. The number of ether oxygens (including phenoxy) is 1. The Morgan fingerprint density at radius 2 is 1.95 bits per heavy atom. The lowest BCUT2D eigenvalue weighted by Crippen LogP contribution is -3.12. The van der Waals surface area contributed by atoms with Gasteiger partial charge in [-0.25, -0.2) is 13.1 Å². The molecule has 0 atom stereocenters. The lowest BCUT2D eigenvalue weighted by molar-refractivity contribution is -0.895. The van der Waals surface area contributed by atoms with E-state index in [1.165, 1.54) is 12.0 Å². The van der Waals surface area contributed by atoms with Crippen LogP contribution in [0.25, 0.3) is 0 Å². The molecule has 0 unspecified atom stereocenters. The Bertz CT molecular complexity index is 530. The van der Waals surface area contributed by atoms with E-state index in [0.717, 1.165) is 19.6 Å². The van der Waals surface area contributed by atoms with Crippen LogP contribution in [-0.4, -0.2) is 41.7 Å². The molecule has 0 aliphatic heterocycles. The molecule has 2 N–H and O–H groups in total. The molecule has 0 saturated carbocycles. The Hall–Kier alpha value is -0.630. The lowest BCUT2D eigenvalue weighted by Gasteiger charge is -2.16. The van der Waals surface area contributed by atoms with E-state index in [0.29, 0.717) is 16.8 Å². The number of nitrogens with one attached hydrogen (secondary N) is 2. The Morgan fingerprint density at radius 3 is 2.50 bits per heavy atom. The van der Waals surface area contributed by atoms with Gasteiger partial charge in [0.25, 0.3) is 0 Å². The second-order valence-electron chi connectivity index (χ2n) is 4.40. The van der Waals surface area contributed by atoms with Crippen LogP contribution in [0.1, 0.15) is 13.8 Å². The molecular formula is C13H22BrN2O3S+. The number of methoxy groups -OCH3 is 1. The minimum Gasteiger partial charge on any atom is -0.495 e. The summed E-state index contributed by atoms with van der Waals surface area (Å²) in [6, 6.07) is 4.93. The monoisotopic (exact) mass is 365 g/mol. The standard InChI is InChI=1S/C13H21BrN2O3S/c1-4-16(5-2)9-8-15-20(17,18)13-10-11(14)6-7-12(13)19-3/h6-7,10,15H,4-5,8-9H2,1-3H3/p+1. The summed E-state index contributed by atoms with van der Waals surface area (Å²) < 4.78 is 33.0. The summed E-state index contributed by atoms with van der Waals surface area (Å²) in [6.45, 7) is 7.32. The number of hydrogen-bond acceptors (Lipinski definition) is 3. The average molecular weight is 366 g/mol. The van der Waals surface area contributed by atoms with Crippen molar-refractivity contribution in [3.63, 3.8) is 0 Å². The van der Waals surface area contributed by atoms with Gasteiger partial charge in [0.1, 0.15) is 10.6 Å². The minimum atomic E-state index is -3.56. The Kier molecular flexibility index (Phi) is 6.94. The van der Waals surface area contributed by atoms with Gasteiger partial charge in [0.2, 0.25) is 10.0 Å². The molecule has 0 spiro atoms. The van der Waals surface area contributed by atoms with E-state index in [1.807, 2.05) is 0 Å². The van der Waals surface area contributed by atoms with E-state index in [2.05, 4.69) is 34.5 Å². The number of sulfonamides is 1. The summed E-state index contributed by atoms with van der Waals surface area (Å²) in [6.07, 6.45) is 0. The smallest absolute Gasteiger partial charge is 0.244 e. The van der Waals surface area contributed by atoms with E-state index in [1.54, 1.807) is 18.2 Å². The van der Waals surface area contributed by atoms with E-state index >= 15 is 0 Å². The zero-order valence-electron chi connectivity index (χ0n) is 12.1. The van der Waals surface area contributed by atoms with Gasteiger partial charge in [0.05, 0.1) is 33.3 Å². The molecule has 5 nitrogen and oxygen atoms in total. The Morgan fingerprint density at radius 1 is 1.30 bits per heavy atom. The molecule has 0 radical (unpaired) electrons. The fourth-order valence-corrected chi connectivity index (χ4v) is 3.64. The highest BCUT2D eigenvalue weighted by atomic mass is 79.9. The van der Waals surface area contributed by atoms with Gasteiger partial charge in [-0.15, -0.1) is 0 Å². The minimum absolute atomic E-state index is 0.156. The summed E-state index contributed by atoms with van der Waals surface area (Å²) in [5.74, 6) is 0.343. The Balaban J connectivity index is 2.81. The van der Waals surface area contributed by atoms with Crippen molar-refractivity contribution in [2.24, 2.45) is 0 Å². The maximum Gasteiger partial charge on any atom is 0.244 e. The number of halogens is 1. The van der Waals surface area contributed by atoms with E-state index in [-0.39, 0.29) is 4.90 Å². The van der Waals surface area contributed by atoms with Gasteiger partial charge in [-0.1, -0.05) is 15.9 Å². The van der Waals surface area contributed by atoms with Crippen LogP contribution in [-0.2, 0) is 10.0 Å². The van der Waals surface area contributed by atoms with Crippen LogP contribution >= 0.6 is 15.9 Å². The Labute approximate surface area is 129 Å². The number of rotatable bonds is 8. The third-order valence-corrected chi connectivity index (χ3v) is 5.16. The molecule has 7 heteroatoms. The molecule has 0 amide bonds. The molecular weight excluding hydrogens is 344 g/mol. The fourth-order valence-electron chi connectivity index (χ4n) is 1.90. The summed E-state index contributed by atoms with van der Waals surface area (Å²) in [4.78, 5) is 1.51. The SMILES string of the molecule is CC[NH+](CC)CCNS(=O)(=O)c1cc(Br)ccc1OC. The molecule has 114 valence electrons. The quantitative estimate of drug-likeness (QED) is 0.711. The third kappa shape index (κ3) is 4.73. The second kappa shape index (κ2) is 7.97. The number of hydrogen-bond donors (Lipinski definition) is 2. The van der Waals surface area contributed by atoms with Crippen LogP contribution in [0.3, 0.4) is 0 Å². The van der Waals surface area contributed by atoms with Gasteiger partial charge in [0.15, 0.2) is 0 Å². The largest absolute Gasteiger partial charge is 0.495 e. The highest BCUT2D eigenvalue weighted by Crippen LogP contribution is 2.26. The van der Waals surface area contributed by atoms with Gasteiger partial charge < -0.3 is 9.64 Å². The molecule has 20 heavy (non-hydrogen) atoms. The summed E-state index contributed by atoms with van der Waals surface area (Å²) in [7, 11) is -2.10. The van der Waals surface area contributed by atoms with Crippen molar-refractivity contribution in [3.8, 4) is 5.75 Å². The van der Waals surface area contributed by atoms with Crippen LogP contribution in [0.4, 0.5) is 0 Å². The first-order valence-corrected chi connectivity index (χ1v) is 8.89. The molecule has 1 aromatic rings. The summed E-state index contributed by atoms with van der Waals surface area (Å²) in [5, 5.41) is 0. The van der Waals surface area contributed by atoms with Crippen molar-refractivity contribution >= 4 is 26.0 Å². The lowest BCUT2D eigenvalue weighted by atomic mass is 10.3. The van der Waals surface area contributed by atoms with Crippen LogP contribution in [0.2, 0.25) is 0 Å². The van der Waals surface area contributed by atoms with Gasteiger partial charge in [-0.05, 0) is 32.0 Å². The maximum absolute atomic E-state index is 12.3. The van der Waals surface area contributed by atoms with Gasteiger partial charge in [0, 0.05) is 4.47 Å². The second-order valence-corrected chi connectivity index (χ2v) is 7.05. The molecule has 0 heterocycles. The van der Waals surface area contributed by atoms with Crippen LogP contribution in [0.5, 0.6) is 5.75 Å². The van der Waals surface area contributed by atoms with Crippen LogP contribution in [0, 0.1) is 0 Å². The van der Waals surface area contributed by atoms with E-state index < -0.39 is 10.0 Å². The zero-order valence-corrected chi connectivity index (χ0v) is 14.5.